The van der Waals surface area contributed by atoms with E-state index in [2.05, 4.69) is 0 Å². The number of carbonyl (C=O) groups excluding carboxylic acids is 1. The van der Waals surface area contributed by atoms with Crippen molar-refractivity contribution in [1.29, 1.82) is 0 Å². The van der Waals surface area contributed by atoms with Crippen molar-refractivity contribution in [3.63, 3.8) is 0 Å². The Morgan fingerprint density at radius 3 is 2.63 bits per heavy atom. The minimum atomic E-state index is -0.838. The van der Waals surface area contributed by atoms with Crippen LogP contribution in [-0.2, 0) is 4.79 Å². The van der Waals surface area contributed by atoms with Crippen LogP contribution >= 0.6 is 11.3 Å². The van der Waals surface area contributed by atoms with Crippen LogP contribution in [0.15, 0.2) is 57.3 Å². The van der Waals surface area contributed by atoms with Crippen molar-refractivity contribution < 1.29 is 9.21 Å². The van der Waals surface area contributed by atoms with Crippen LogP contribution in [0.3, 0.4) is 0 Å². The van der Waals surface area contributed by atoms with Crippen LogP contribution in [0.1, 0.15) is 18.5 Å². The lowest BCUT2D eigenvalue weighted by Gasteiger charge is -2.17. The summed E-state index contributed by atoms with van der Waals surface area (Å²) in [6, 6.07) is 10.4. The van der Waals surface area contributed by atoms with E-state index in [1.807, 2.05) is 36.6 Å². The average molecular weight is 379 g/mol. The molecular weight excluding hydrogens is 362 g/mol. The molecule has 3 aromatic heterocycles. The van der Waals surface area contributed by atoms with Crippen LogP contribution < -0.4 is 11.3 Å². The Bertz CT molecular complexity index is 1190. The third-order valence-corrected chi connectivity index (χ3v) is 5.41. The molecule has 4 rings (SSSR count). The monoisotopic (exact) mass is 379 g/mol. The van der Waals surface area contributed by atoms with Gasteiger partial charge in [0.1, 0.15) is 22.5 Å². The summed E-state index contributed by atoms with van der Waals surface area (Å²) in [7, 11) is 0. The van der Waals surface area contributed by atoms with Crippen molar-refractivity contribution in [2.45, 2.75) is 19.9 Å². The highest BCUT2D eigenvalue weighted by Crippen LogP contribution is 2.33. The van der Waals surface area contributed by atoms with E-state index in [0.29, 0.717) is 27.4 Å². The summed E-state index contributed by atoms with van der Waals surface area (Å²) in [6.45, 7) is 3.59. The molecule has 1 amide bonds. The minimum Gasteiger partial charge on any atom is -0.464 e. The highest BCUT2D eigenvalue weighted by Gasteiger charge is 2.24. The maximum atomic E-state index is 13.4. The summed E-state index contributed by atoms with van der Waals surface area (Å²) in [6.07, 6.45) is 1.55. The van der Waals surface area contributed by atoms with Gasteiger partial charge in [0.05, 0.1) is 11.6 Å². The molecule has 0 spiro atoms. The summed E-state index contributed by atoms with van der Waals surface area (Å²) in [5.41, 5.74) is 7.71. The zero-order valence-electron chi connectivity index (χ0n) is 14.8. The van der Waals surface area contributed by atoms with E-state index in [0.717, 1.165) is 11.1 Å². The molecule has 0 aliphatic carbocycles. The van der Waals surface area contributed by atoms with Gasteiger partial charge in [0.2, 0.25) is 5.91 Å². The van der Waals surface area contributed by atoms with E-state index in [1.54, 1.807) is 25.3 Å². The van der Waals surface area contributed by atoms with Crippen LogP contribution in [0.4, 0.5) is 0 Å². The second kappa shape index (κ2) is 6.51. The molecule has 1 unspecified atom stereocenters. The van der Waals surface area contributed by atoms with Gasteiger partial charge in [-0.2, -0.15) is 0 Å². The number of hydrogen-bond acceptors (Lipinski definition) is 5. The Kier molecular flexibility index (Phi) is 4.16. The smallest absolute Gasteiger partial charge is 0.264 e. The van der Waals surface area contributed by atoms with Crippen molar-refractivity contribution in [1.82, 2.24) is 9.55 Å². The number of amides is 1. The summed E-state index contributed by atoms with van der Waals surface area (Å²) >= 11 is 1.37. The Hall–Kier alpha value is -3.19. The first-order valence-electron chi connectivity index (χ1n) is 8.41. The number of benzene rings is 1. The molecule has 0 fully saturated rings. The molecule has 0 radical (unpaired) electrons. The van der Waals surface area contributed by atoms with Crippen molar-refractivity contribution in [3.05, 3.63) is 64.0 Å². The van der Waals surface area contributed by atoms with Crippen molar-refractivity contribution in [2.75, 3.05) is 0 Å². The maximum absolute atomic E-state index is 13.4. The highest BCUT2D eigenvalue weighted by molar-refractivity contribution is 7.17. The number of carbonyl (C=O) groups is 1. The summed E-state index contributed by atoms with van der Waals surface area (Å²) < 4.78 is 6.83. The zero-order chi connectivity index (χ0) is 19.1. The average Bonchev–Trinajstić information content (AvgIpc) is 3.31. The van der Waals surface area contributed by atoms with Gasteiger partial charge in [-0.3, -0.25) is 14.2 Å². The first-order valence-corrected chi connectivity index (χ1v) is 9.29. The number of thiophene rings is 1. The number of fused-ring (bicyclic) bond motifs is 1. The van der Waals surface area contributed by atoms with Crippen LogP contribution in [0, 0.1) is 6.92 Å². The molecule has 1 aromatic carbocycles. The molecule has 3 heterocycles. The predicted octanol–water partition coefficient (Wildman–Crippen LogP) is 3.74. The molecule has 7 heteroatoms. The first-order chi connectivity index (χ1) is 13.0. The number of nitrogens with two attached hydrogens (primary N) is 1. The quantitative estimate of drug-likeness (QED) is 0.585. The second-order valence-corrected chi connectivity index (χ2v) is 7.22. The number of furan rings is 1. The minimum absolute atomic E-state index is 0.311. The normalized spacial score (nSPS) is 12.4. The third kappa shape index (κ3) is 2.86. The lowest BCUT2D eigenvalue weighted by Crippen LogP contribution is -2.33. The number of hydrogen-bond donors (Lipinski definition) is 1. The molecular formula is C20H17N3O3S. The van der Waals surface area contributed by atoms with Gasteiger partial charge in [-0.05, 0) is 26.0 Å². The van der Waals surface area contributed by atoms with E-state index in [1.165, 1.54) is 15.9 Å². The second-order valence-electron chi connectivity index (χ2n) is 6.36. The van der Waals surface area contributed by atoms with Crippen LogP contribution in [0.25, 0.3) is 32.9 Å². The molecule has 4 aromatic rings. The Labute approximate surface area is 158 Å². The maximum Gasteiger partial charge on any atom is 0.264 e. The summed E-state index contributed by atoms with van der Waals surface area (Å²) in [5.74, 6) is 0.412. The van der Waals surface area contributed by atoms with Gasteiger partial charge in [-0.25, -0.2) is 4.98 Å². The van der Waals surface area contributed by atoms with E-state index >= 15 is 0 Å². The molecule has 27 heavy (non-hydrogen) atoms. The number of aryl methyl sites for hydroxylation is 1. The molecule has 0 bridgehead atoms. The Morgan fingerprint density at radius 1 is 1.26 bits per heavy atom. The fourth-order valence-corrected chi connectivity index (χ4v) is 3.93. The Morgan fingerprint density at radius 2 is 2.00 bits per heavy atom. The number of aromatic nitrogens is 2. The summed E-state index contributed by atoms with van der Waals surface area (Å²) in [5, 5.41) is 2.27. The Balaban J connectivity index is 2.06. The molecule has 6 nitrogen and oxygen atoms in total. The fourth-order valence-electron chi connectivity index (χ4n) is 3.01. The van der Waals surface area contributed by atoms with Crippen LogP contribution in [0.2, 0.25) is 0 Å². The van der Waals surface area contributed by atoms with E-state index in [9.17, 15) is 9.59 Å². The highest BCUT2D eigenvalue weighted by atomic mass is 32.1. The van der Waals surface area contributed by atoms with Gasteiger partial charge in [-0.15, -0.1) is 11.3 Å². The number of nitrogens with zero attached hydrogens (tertiary/aromatic N) is 2. The van der Waals surface area contributed by atoms with Gasteiger partial charge in [0.15, 0.2) is 0 Å². The van der Waals surface area contributed by atoms with Gasteiger partial charge < -0.3 is 10.2 Å². The predicted molar refractivity (Wildman–Crippen MR) is 106 cm³/mol. The van der Waals surface area contributed by atoms with E-state index < -0.39 is 11.9 Å². The lowest BCUT2D eigenvalue weighted by molar-refractivity contribution is -0.120. The zero-order valence-corrected chi connectivity index (χ0v) is 15.6. The standard InChI is InChI=1S/C20H17N3O3S/c1-11-5-7-13(8-6-11)18-22-19-16(20(25)23(18)12(2)17(21)24)14(10-27-19)15-4-3-9-26-15/h3-10,12H,1-2H3,(H2,21,24). The van der Waals surface area contributed by atoms with Crippen molar-refractivity contribution >= 4 is 27.5 Å². The van der Waals surface area contributed by atoms with E-state index in [-0.39, 0.29) is 5.56 Å². The topological polar surface area (TPSA) is 91.1 Å². The van der Waals surface area contributed by atoms with Crippen LogP contribution in [0.5, 0.6) is 0 Å². The molecule has 1 atom stereocenters. The molecule has 0 aliphatic rings. The molecule has 0 saturated heterocycles. The lowest BCUT2D eigenvalue weighted by atomic mass is 10.1. The summed E-state index contributed by atoms with van der Waals surface area (Å²) in [4.78, 5) is 30.6. The fraction of sp³-hybridized carbons (Fsp3) is 0.150. The SMILES string of the molecule is Cc1ccc(-c2nc3scc(-c4ccco4)c3c(=O)n2C(C)C(N)=O)cc1. The largest absolute Gasteiger partial charge is 0.464 e. The van der Waals surface area contributed by atoms with Gasteiger partial charge in [-0.1, -0.05) is 29.8 Å². The van der Waals surface area contributed by atoms with Gasteiger partial charge in [0, 0.05) is 16.5 Å². The first kappa shape index (κ1) is 17.2. The van der Waals surface area contributed by atoms with Crippen LogP contribution in [-0.4, -0.2) is 15.5 Å². The molecule has 136 valence electrons. The molecule has 0 aliphatic heterocycles. The third-order valence-electron chi connectivity index (χ3n) is 4.54. The molecule has 2 N–H and O–H groups in total. The molecule has 0 saturated carbocycles. The van der Waals surface area contributed by atoms with E-state index in [4.69, 9.17) is 15.1 Å². The number of primary amides is 1. The van der Waals surface area contributed by atoms with Crippen molar-refractivity contribution in [3.8, 4) is 22.7 Å². The number of rotatable bonds is 4. The van der Waals surface area contributed by atoms with Gasteiger partial charge >= 0.3 is 0 Å². The van der Waals surface area contributed by atoms with Gasteiger partial charge in [0.25, 0.3) is 5.56 Å². The van der Waals surface area contributed by atoms with Crippen molar-refractivity contribution in [2.24, 2.45) is 5.73 Å².